The molecule has 0 atom stereocenters. The normalized spacial score (nSPS) is 14.0. The zero-order valence-electron chi connectivity index (χ0n) is 9.17. The minimum absolute atomic E-state index is 0.832. The Balaban J connectivity index is 5.93. The van der Waals surface area contributed by atoms with Gasteiger partial charge < -0.3 is 0 Å². The van der Waals surface area contributed by atoms with Crippen LogP contribution in [0.15, 0.2) is 0 Å². The van der Waals surface area contributed by atoms with Crippen LogP contribution in [0.25, 0.3) is 0 Å². The number of hydrogen-bond donors (Lipinski definition) is 2. The monoisotopic (exact) mass is 378 g/mol. The van der Waals surface area contributed by atoms with Gasteiger partial charge in [-0.3, -0.25) is 9.11 Å². The summed E-state index contributed by atoms with van der Waals surface area (Å²) in [7, 11) is -20.1. The summed E-state index contributed by atoms with van der Waals surface area (Å²) in [5, 5.41) is 38.0. The Morgan fingerprint density at radius 2 is 0.857 bits per heavy atom. The lowest BCUT2D eigenvalue weighted by molar-refractivity contribution is 0.383. The lowest BCUT2D eigenvalue weighted by Gasteiger charge is -2.32. The maximum absolute atomic E-state index is 10.5. The molecule has 0 aromatic heterocycles. The Kier molecular flexibility index (Phi) is 5.92. The second-order valence-corrected chi connectivity index (χ2v) is 8.52. The van der Waals surface area contributed by atoms with Crippen molar-refractivity contribution >= 4 is 42.0 Å². The summed E-state index contributed by atoms with van der Waals surface area (Å²) in [6.07, 6.45) is 0. The van der Waals surface area contributed by atoms with E-state index in [0.29, 0.717) is 0 Å². The van der Waals surface area contributed by atoms with Gasteiger partial charge in [0, 0.05) is 21.2 Å². The summed E-state index contributed by atoms with van der Waals surface area (Å²) >= 11 is 0. The van der Waals surface area contributed by atoms with E-state index in [4.69, 9.17) is 30.2 Å². The molecule has 0 spiro atoms. The average molecular weight is 378 g/mol. The molecule has 0 saturated carbocycles. The maximum atomic E-state index is 10.5. The van der Waals surface area contributed by atoms with Gasteiger partial charge in [0.05, 0.1) is 0 Å². The largest absolute Gasteiger partial charge is 0.417 e. The molecule has 116 valence electrons. The van der Waals surface area contributed by atoms with E-state index in [2.05, 4.69) is 10.9 Å². The first kappa shape index (κ1) is 19.4. The van der Waals surface area contributed by atoms with E-state index in [-0.39, 0.29) is 0 Å². The van der Waals surface area contributed by atoms with Gasteiger partial charge in [-0.05, 0) is 0 Å². The molecule has 0 heterocycles. The summed E-state index contributed by atoms with van der Waals surface area (Å²) < 4.78 is 70.3. The van der Waals surface area contributed by atoms with Crippen LogP contribution in [0.1, 0.15) is 0 Å². The Hall–Kier alpha value is -1.64. The van der Waals surface area contributed by atoms with E-state index in [1.165, 1.54) is 0 Å². The molecule has 2 N–H and O–H groups in total. The summed E-state index contributed by atoms with van der Waals surface area (Å²) in [5.74, 6) is 0. The lowest BCUT2D eigenvalue weighted by atomic mass is 11.8. The Morgan fingerprint density at radius 1 is 0.619 bits per heavy atom. The van der Waals surface area contributed by atoms with Crippen LogP contribution in [-0.4, -0.2) is 25.9 Å². The maximum Gasteiger partial charge on any atom is 0.417 e. The predicted molar refractivity (Wildman–Crippen MR) is 64.0 cm³/mol. The first-order valence-corrected chi connectivity index (χ1v) is 9.44. The molecule has 0 fully saturated rings. The van der Waals surface area contributed by atoms with Gasteiger partial charge in [0.1, 0.15) is 0 Å². The molecular formula is C4H2N4O9S4. The van der Waals surface area contributed by atoms with Crippen molar-refractivity contribution in [3.8, 4) is 21.6 Å². The molecule has 17 heteroatoms. The third kappa shape index (κ3) is 6.11. The average Bonchev–Trinajstić information content (AvgIpc) is 2.33. The molecular weight excluding hydrogens is 376 g/mol. The van der Waals surface area contributed by atoms with Gasteiger partial charge in [-0.2, -0.15) is 37.9 Å². The number of nitriles is 4. The van der Waals surface area contributed by atoms with E-state index in [1.807, 2.05) is 0 Å². The smallest absolute Gasteiger partial charge is 0.262 e. The molecule has 0 aliphatic carbocycles. The van der Waals surface area contributed by atoms with Gasteiger partial charge in [0.15, 0.2) is 0 Å². The van der Waals surface area contributed by atoms with Crippen molar-refractivity contribution in [3.63, 3.8) is 0 Å². The lowest BCUT2D eigenvalue weighted by Crippen LogP contribution is -2.16. The molecule has 21 heavy (non-hydrogen) atoms. The predicted octanol–water partition coefficient (Wildman–Crippen LogP) is -0.165. The zero-order chi connectivity index (χ0) is 16.9. The van der Waals surface area contributed by atoms with Gasteiger partial charge in [-0.25, -0.2) is 0 Å². The van der Waals surface area contributed by atoms with E-state index in [0.717, 1.165) is 21.6 Å². The number of rotatable bonds is 6. The van der Waals surface area contributed by atoms with Crippen molar-refractivity contribution in [2.45, 2.75) is 0 Å². The summed E-state index contributed by atoms with van der Waals surface area (Å²) in [6, 6.07) is 0. The van der Waals surface area contributed by atoms with Crippen LogP contribution in [0.4, 0.5) is 0 Å². The van der Waals surface area contributed by atoms with Crippen LogP contribution < -0.4 is 0 Å². The molecule has 0 unspecified atom stereocenters. The van der Waals surface area contributed by atoms with Crippen LogP contribution in [0.3, 0.4) is 0 Å². The highest BCUT2D eigenvalue weighted by atomic mass is 32.4. The highest BCUT2D eigenvalue weighted by Crippen LogP contribution is 2.65. The minimum Gasteiger partial charge on any atom is -0.262 e. The van der Waals surface area contributed by atoms with Crippen molar-refractivity contribution < 1.29 is 36.8 Å². The highest BCUT2D eigenvalue weighted by molar-refractivity contribution is 8.47. The summed E-state index contributed by atoms with van der Waals surface area (Å²) in [6.45, 7) is 0. The van der Waals surface area contributed by atoms with Crippen molar-refractivity contribution in [3.05, 3.63) is 0 Å². The quantitative estimate of drug-likeness (QED) is 0.452. The van der Waals surface area contributed by atoms with E-state index in [1.54, 1.807) is 0 Å². The second kappa shape index (κ2) is 6.42. The van der Waals surface area contributed by atoms with Crippen LogP contribution in [-0.2, 0) is 31.7 Å². The molecule has 13 nitrogen and oxygen atoms in total. The van der Waals surface area contributed by atoms with Crippen molar-refractivity contribution in [1.82, 2.24) is 0 Å². The van der Waals surface area contributed by atoms with Gasteiger partial charge in [-0.1, -0.05) is 0 Å². The molecule has 0 bridgehead atoms. The molecule has 0 aliphatic heterocycles. The summed E-state index contributed by atoms with van der Waals surface area (Å²) in [5.41, 5.74) is 0. The Morgan fingerprint density at radius 3 is 1.00 bits per heavy atom. The van der Waals surface area contributed by atoms with Gasteiger partial charge in [0.2, 0.25) is 21.6 Å². The highest BCUT2D eigenvalue weighted by Gasteiger charge is 2.41. The number of nitrogens with zero attached hydrogens (tertiary/aromatic N) is 4. The van der Waals surface area contributed by atoms with Gasteiger partial charge in [0.25, 0.3) is 0 Å². The van der Waals surface area contributed by atoms with Crippen LogP contribution >= 0.6 is 21.2 Å². The van der Waals surface area contributed by atoms with Crippen molar-refractivity contribution in [2.75, 3.05) is 0 Å². The molecule has 0 aliphatic rings. The van der Waals surface area contributed by atoms with Gasteiger partial charge in [-0.15, -0.1) is 10.9 Å². The fourth-order valence-corrected chi connectivity index (χ4v) is 5.22. The number of thiocyanates is 4. The topological polar surface area (TPSA) is 232 Å². The zero-order valence-corrected chi connectivity index (χ0v) is 12.4. The first-order valence-electron chi connectivity index (χ1n) is 3.74. The Bertz CT molecular complexity index is 693. The molecule has 0 rings (SSSR count). The second-order valence-electron chi connectivity index (χ2n) is 2.43. The van der Waals surface area contributed by atoms with Crippen molar-refractivity contribution in [1.29, 1.82) is 21.0 Å². The molecule has 0 amide bonds. The summed E-state index contributed by atoms with van der Waals surface area (Å²) in [4.78, 5) is 0. The van der Waals surface area contributed by atoms with Crippen LogP contribution in [0.5, 0.6) is 0 Å². The van der Waals surface area contributed by atoms with Crippen LogP contribution in [0, 0.1) is 42.7 Å². The van der Waals surface area contributed by atoms with E-state index >= 15 is 0 Å². The van der Waals surface area contributed by atoms with Gasteiger partial charge >= 0.3 is 20.8 Å². The Labute approximate surface area is 121 Å². The third-order valence-corrected chi connectivity index (χ3v) is 6.44. The fourth-order valence-electron chi connectivity index (χ4n) is 0.562. The van der Waals surface area contributed by atoms with E-state index < -0.39 is 42.0 Å². The standard InChI is InChI=1S/C4H2N4O9S4/c5-1-18(2-6,16-20(9,10)11)15-19(3-7,4-8)17-21(12,13)14/h(H,9,10,11)(H,12,13,14). The molecule has 0 aromatic carbocycles. The molecule has 0 radical (unpaired) electrons. The molecule has 0 aromatic rings. The molecule has 0 saturated heterocycles. The minimum atomic E-state index is -5.44. The first-order chi connectivity index (χ1) is 9.36. The van der Waals surface area contributed by atoms with E-state index in [9.17, 15) is 16.8 Å². The fraction of sp³-hybridized carbons (Fsp3) is 0. The third-order valence-electron chi connectivity index (χ3n) is 1.04. The van der Waals surface area contributed by atoms with Crippen molar-refractivity contribution in [2.24, 2.45) is 0 Å². The van der Waals surface area contributed by atoms with Crippen LogP contribution in [0.2, 0.25) is 0 Å². The SMILES string of the molecule is N#CS(C#N)(OS(C#N)(C#N)OS(=O)(=O)O)OS(=O)(=O)O. The number of hydrogen-bond acceptors (Lipinski definition) is 11.